The predicted molar refractivity (Wildman–Crippen MR) is 76.8 cm³/mol. The van der Waals surface area contributed by atoms with Crippen LogP contribution < -0.4 is 5.32 Å². The summed E-state index contributed by atoms with van der Waals surface area (Å²) in [5.41, 5.74) is 0. The Balaban J connectivity index is 1.77. The molecule has 2 aliphatic heterocycles. The van der Waals surface area contributed by atoms with Gasteiger partial charge in [-0.2, -0.15) is 0 Å². The third-order valence-electron chi connectivity index (χ3n) is 3.78. The standard InChI is InChI=1S/C13H25N3S/c1-10(2)12-9-17-13(15-12)14-8-11(3)16-6-4-5-7-16/h10-12H,4-9H2,1-3H3,(H,14,15)/t11?,12-/m1/s1. The van der Waals surface area contributed by atoms with E-state index < -0.39 is 0 Å². The summed E-state index contributed by atoms with van der Waals surface area (Å²) < 4.78 is 0. The molecule has 2 atom stereocenters. The fourth-order valence-corrected chi connectivity index (χ4v) is 3.58. The van der Waals surface area contributed by atoms with E-state index in [9.17, 15) is 0 Å². The largest absolute Gasteiger partial charge is 0.361 e. The van der Waals surface area contributed by atoms with E-state index in [1.807, 2.05) is 11.8 Å². The maximum atomic E-state index is 4.73. The number of likely N-dealkylation sites (tertiary alicyclic amines) is 1. The summed E-state index contributed by atoms with van der Waals surface area (Å²) >= 11 is 1.88. The van der Waals surface area contributed by atoms with E-state index in [0.717, 1.165) is 11.7 Å². The third kappa shape index (κ3) is 3.62. The highest BCUT2D eigenvalue weighted by Crippen LogP contribution is 2.19. The van der Waals surface area contributed by atoms with E-state index in [1.165, 1.54) is 31.7 Å². The normalized spacial score (nSPS) is 30.1. The molecule has 3 nitrogen and oxygen atoms in total. The molecular formula is C13H25N3S. The highest BCUT2D eigenvalue weighted by atomic mass is 32.2. The minimum absolute atomic E-state index is 0.602. The zero-order valence-corrected chi connectivity index (χ0v) is 12.1. The summed E-state index contributed by atoms with van der Waals surface area (Å²) in [6, 6.07) is 1.21. The number of thioether (sulfide) groups is 1. The summed E-state index contributed by atoms with van der Waals surface area (Å²) in [4.78, 5) is 7.29. The Kier molecular flexibility index (Phi) is 4.74. The van der Waals surface area contributed by atoms with Gasteiger partial charge in [0.25, 0.3) is 0 Å². The number of hydrogen-bond acceptors (Lipinski definition) is 3. The van der Waals surface area contributed by atoms with Gasteiger partial charge in [0.2, 0.25) is 0 Å². The fraction of sp³-hybridized carbons (Fsp3) is 0.923. The Bertz CT molecular complexity index is 272. The highest BCUT2D eigenvalue weighted by molar-refractivity contribution is 8.14. The van der Waals surface area contributed by atoms with Crippen LogP contribution in [-0.2, 0) is 0 Å². The molecule has 1 N–H and O–H groups in total. The van der Waals surface area contributed by atoms with Gasteiger partial charge in [-0.3, -0.25) is 9.89 Å². The molecule has 0 spiro atoms. The van der Waals surface area contributed by atoms with Crippen LogP contribution in [-0.4, -0.2) is 47.5 Å². The Hall–Kier alpha value is -0.220. The van der Waals surface area contributed by atoms with Crippen LogP contribution in [0.2, 0.25) is 0 Å². The summed E-state index contributed by atoms with van der Waals surface area (Å²) in [7, 11) is 0. The molecule has 0 amide bonds. The molecule has 0 bridgehead atoms. The van der Waals surface area contributed by atoms with Gasteiger partial charge in [-0.25, -0.2) is 0 Å². The lowest BCUT2D eigenvalue weighted by Crippen LogP contribution is -2.34. The molecule has 2 fully saturated rings. The molecule has 1 unspecified atom stereocenters. The Labute approximate surface area is 109 Å². The number of nitrogens with zero attached hydrogens (tertiary/aromatic N) is 2. The molecule has 17 heavy (non-hydrogen) atoms. The number of rotatable bonds is 4. The minimum Gasteiger partial charge on any atom is -0.361 e. The number of aliphatic imine (C=N–C) groups is 1. The molecule has 2 saturated heterocycles. The van der Waals surface area contributed by atoms with Gasteiger partial charge < -0.3 is 5.32 Å². The van der Waals surface area contributed by atoms with Gasteiger partial charge in [0, 0.05) is 17.8 Å². The van der Waals surface area contributed by atoms with Crippen molar-refractivity contribution in [3.63, 3.8) is 0 Å². The quantitative estimate of drug-likeness (QED) is 0.834. The lowest BCUT2D eigenvalue weighted by Gasteiger charge is -2.22. The van der Waals surface area contributed by atoms with Crippen molar-refractivity contribution in [1.82, 2.24) is 10.2 Å². The molecule has 2 heterocycles. The summed E-state index contributed by atoms with van der Waals surface area (Å²) in [5, 5.41) is 4.69. The second-order valence-electron chi connectivity index (χ2n) is 5.54. The van der Waals surface area contributed by atoms with Crippen LogP contribution in [0.15, 0.2) is 4.99 Å². The van der Waals surface area contributed by atoms with Gasteiger partial charge in [0.1, 0.15) is 0 Å². The van der Waals surface area contributed by atoms with Gasteiger partial charge in [-0.05, 0) is 38.8 Å². The SMILES string of the molecule is CC(C)[C@H]1CSC(=NCC(C)N2CCCC2)N1. The molecule has 0 aliphatic carbocycles. The number of hydrogen-bond donors (Lipinski definition) is 1. The van der Waals surface area contributed by atoms with Crippen LogP contribution in [0.4, 0.5) is 0 Å². The molecule has 2 aliphatic rings. The smallest absolute Gasteiger partial charge is 0.156 e. The second-order valence-corrected chi connectivity index (χ2v) is 6.55. The molecule has 98 valence electrons. The topological polar surface area (TPSA) is 27.6 Å². The first-order chi connectivity index (χ1) is 8.16. The van der Waals surface area contributed by atoms with Crippen molar-refractivity contribution < 1.29 is 0 Å². The first-order valence-electron chi connectivity index (χ1n) is 6.84. The number of amidine groups is 1. The first-order valence-corrected chi connectivity index (χ1v) is 7.83. The van der Waals surface area contributed by atoms with Crippen molar-refractivity contribution in [2.75, 3.05) is 25.4 Å². The van der Waals surface area contributed by atoms with Gasteiger partial charge >= 0.3 is 0 Å². The van der Waals surface area contributed by atoms with E-state index in [2.05, 4.69) is 31.0 Å². The van der Waals surface area contributed by atoms with Crippen LogP contribution in [0.1, 0.15) is 33.6 Å². The Morgan fingerprint density at radius 2 is 2.06 bits per heavy atom. The fourth-order valence-electron chi connectivity index (χ4n) is 2.37. The summed E-state index contributed by atoms with van der Waals surface area (Å²) in [6.07, 6.45) is 2.73. The highest BCUT2D eigenvalue weighted by Gasteiger charge is 2.23. The monoisotopic (exact) mass is 255 g/mol. The van der Waals surface area contributed by atoms with Crippen LogP contribution in [0.5, 0.6) is 0 Å². The van der Waals surface area contributed by atoms with E-state index >= 15 is 0 Å². The first kappa shape index (κ1) is 13.2. The summed E-state index contributed by atoms with van der Waals surface area (Å²) in [6.45, 7) is 10.3. The molecule has 4 heteroatoms. The van der Waals surface area contributed by atoms with Gasteiger partial charge in [-0.1, -0.05) is 25.6 Å². The molecule has 2 rings (SSSR count). The zero-order valence-electron chi connectivity index (χ0n) is 11.3. The summed E-state index contributed by atoms with van der Waals surface area (Å²) in [5.74, 6) is 1.88. The molecule has 0 saturated carbocycles. The maximum absolute atomic E-state index is 4.73. The average Bonchev–Trinajstić information content (AvgIpc) is 2.97. The van der Waals surface area contributed by atoms with E-state index in [4.69, 9.17) is 4.99 Å². The second kappa shape index (κ2) is 6.10. The third-order valence-corrected chi connectivity index (χ3v) is 4.82. The van der Waals surface area contributed by atoms with Crippen LogP contribution in [0.3, 0.4) is 0 Å². The Morgan fingerprint density at radius 3 is 2.65 bits per heavy atom. The van der Waals surface area contributed by atoms with Gasteiger partial charge in [0.05, 0.1) is 6.54 Å². The van der Waals surface area contributed by atoms with Crippen molar-refractivity contribution in [2.24, 2.45) is 10.9 Å². The number of nitrogens with one attached hydrogen (secondary N) is 1. The molecule has 0 aromatic rings. The van der Waals surface area contributed by atoms with Crippen LogP contribution in [0, 0.1) is 5.92 Å². The predicted octanol–water partition coefficient (Wildman–Crippen LogP) is 2.19. The lowest BCUT2D eigenvalue weighted by molar-refractivity contribution is 0.265. The molecular weight excluding hydrogens is 230 g/mol. The Morgan fingerprint density at radius 1 is 1.35 bits per heavy atom. The average molecular weight is 255 g/mol. The van der Waals surface area contributed by atoms with Crippen LogP contribution in [0.25, 0.3) is 0 Å². The van der Waals surface area contributed by atoms with E-state index in [-0.39, 0.29) is 0 Å². The van der Waals surface area contributed by atoms with Crippen molar-refractivity contribution in [3.8, 4) is 0 Å². The zero-order chi connectivity index (χ0) is 12.3. The van der Waals surface area contributed by atoms with Crippen LogP contribution >= 0.6 is 11.8 Å². The maximum Gasteiger partial charge on any atom is 0.156 e. The van der Waals surface area contributed by atoms with Gasteiger partial charge in [0.15, 0.2) is 5.17 Å². The molecule has 0 aromatic carbocycles. The van der Waals surface area contributed by atoms with Gasteiger partial charge in [-0.15, -0.1) is 0 Å². The van der Waals surface area contributed by atoms with Crippen molar-refractivity contribution >= 4 is 16.9 Å². The van der Waals surface area contributed by atoms with E-state index in [1.54, 1.807) is 0 Å². The van der Waals surface area contributed by atoms with E-state index in [0.29, 0.717) is 18.0 Å². The molecule has 0 radical (unpaired) electrons. The molecule has 0 aromatic heterocycles. The van der Waals surface area contributed by atoms with Crippen molar-refractivity contribution in [3.05, 3.63) is 0 Å². The van der Waals surface area contributed by atoms with Crippen molar-refractivity contribution in [2.45, 2.75) is 45.7 Å². The van der Waals surface area contributed by atoms with Crippen molar-refractivity contribution in [1.29, 1.82) is 0 Å². The minimum atomic E-state index is 0.602. The lowest BCUT2D eigenvalue weighted by atomic mass is 10.1.